The Balaban J connectivity index is 0.00000529. The highest BCUT2D eigenvalue weighted by Gasteiger charge is 2.26. The highest BCUT2D eigenvalue weighted by molar-refractivity contribution is 14.0. The molecule has 9 heteroatoms. The lowest BCUT2D eigenvalue weighted by molar-refractivity contribution is -0.132. The lowest BCUT2D eigenvalue weighted by Gasteiger charge is -2.12. The van der Waals surface area contributed by atoms with Crippen molar-refractivity contribution in [2.45, 2.75) is 19.5 Å². The molecule has 138 valence electrons. The Kier molecular flexibility index (Phi) is 11.3. The van der Waals surface area contributed by atoms with Crippen LogP contribution in [0, 0.1) is 0 Å². The lowest BCUT2D eigenvalue weighted by atomic mass is 10.3. The van der Waals surface area contributed by atoms with Gasteiger partial charge in [0, 0.05) is 6.54 Å². The summed E-state index contributed by atoms with van der Waals surface area (Å²) in [7, 11) is 1.58. The summed E-state index contributed by atoms with van der Waals surface area (Å²) >= 11 is 0. The second-order valence-electron chi connectivity index (χ2n) is 4.58. The van der Waals surface area contributed by atoms with Gasteiger partial charge in [0.05, 0.1) is 26.6 Å². The number of hydrogen-bond donors (Lipinski definition) is 2. The Hall–Kier alpha value is -1.39. The molecule has 0 saturated heterocycles. The van der Waals surface area contributed by atoms with Crippen LogP contribution < -0.4 is 20.1 Å². The van der Waals surface area contributed by atoms with Crippen LogP contribution >= 0.6 is 24.0 Å². The molecule has 0 saturated carbocycles. The summed E-state index contributed by atoms with van der Waals surface area (Å²) in [6.45, 7) is 2.88. The van der Waals surface area contributed by atoms with Gasteiger partial charge in [-0.05, 0) is 31.2 Å². The monoisotopic (exact) mass is 461 g/mol. The second-order valence-corrected chi connectivity index (χ2v) is 4.58. The molecule has 0 fully saturated rings. The largest absolute Gasteiger partial charge is 0.497 e. The molecule has 0 atom stereocenters. The molecular weight excluding hydrogens is 438 g/mol. The minimum absolute atomic E-state index is 0. The molecule has 0 unspecified atom stereocenters. The predicted octanol–water partition coefficient (Wildman–Crippen LogP) is 3.20. The van der Waals surface area contributed by atoms with E-state index >= 15 is 0 Å². The molecule has 0 heterocycles. The van der Waals surface area contributed by atoms with Gasteiger partial charge >= 0.3 is 6.18 Å². The first-order valence-corrected chi connectivity index (χ1v) is 7.30. The molecule has 0 aliphatic heterocycles. The number of alkyl halides is 3. The van der Waals surface area contributed by atoms with Gasteiger partial charge in [0.15, 0.2) is 5.96 Å². The molecule has 0 bridgehead atoms. The molecule has 0 aliphatic rings. The van der Waals surface area contributed by atoms with Gasteiger partial charge in [-0.25, -0.2) is 0 Å². The molecule has 1 aromatic carbocycles. The summed E-state index contributed by atoms with van der Waals surface area (Å²) in [6.07, 6.45) is -5.13. The van der Waals surface area contributed by atoms with Crippen LogP contribution in [0.15, 0.2) is 29.3 Å². The highest BCUT2D eigenvalue weighted by Crippen LogP contribution is 2.19. The van der Waals surface area contributed by atoms with Gasteiger partial charge in [0.25, 0.3) is 0 Å². The molecule has 0 radical (unpaired) electrons. The van der Waals surface area contributed by atoms with Crippen LogP contribution in [0.5, 0.6) is 11.5 Å². The molecule has 1 rings (SSSR count). The van der Waals surface area contributed by atoms with Crippen molar-refractivity contribution in [1.29, 1.82) is 0 Å². The molecule has 1 aromatic rings. The number of rotatable bonds is 8. The fraction of sp³-hybridized carbons (Fsp3) is 0.533. The van der Waals surface area contributed by atoms with Gasteiger partial charge in [-0.15, -0.1) is 24.0 Å². The average molecular weight is 461 g/mol. The normalized spacial score (nSPS) is 11.5. The van der Waals surface area contributed by atoms with Crippen molar-refractivity contribution < 1.29 is 22.6 Å². The minimum Gasteiger partial charge on any atom is -0.497 e. The third-order valence-electron chi connectivity index (χ3n) is 2.73. The molecule has 0 aliphatic carbocycles. The zero-order valence-electron chi connectivity index (χ0n) is 13.7. The topological polar surface area (TPSA) is 54.9 Å². The summed E-state index contributed by atoms with van der Waals surface area (Å²) in [5, 5.41) is 5.80. The number of ether oxygens (including phenoxy) is 2. The van der Waals surface area contributed by atoms with E-state index in [2.05, 4.69) is 15.6 Å². The van der Waals surface area contributed by atoms with E-state index in [9.17, 15) is 13.2 Å². The predicted molar refractivity (Wildman–Crippen MR) is 98.6 cm³/mol. The maximum atomic E-state index is 12.1. The van der Waals surface area contributed by atoms with Crippen LogP contribution in [-0.4, -0.2) is 45.5 Å². The number of hydrogen-bond acceptors (Lipinski definition) is 3. The molecule has 24 heavy (non-hydrogen) atoms. The second kappa shape index (κ2) is 12.0. The van der Waals surface area contributed by atoms with Crippen molar-refractivity contribution in [2.75, 3.05) is 33.4 Å². The molecule has 5 nitrogen and oxygen atoms in total. The van der Waals surface area contributed by atoms with Gasteiger partial charge in [-0.3, -0.25) is 4.99 Å². The third kappa shape index (κ3) is 10.4. The Morgan fingerprint density at radius 3 is 2.29 bits per heavy atom. The smallest absolute Gasteiger partial charge is 0.390 e. The summed E-state index contributed by atoms with van der Waals surface area (Å²) < 4.78 is 46.9. The number of guanidine groups is 1. The SMILES string of the molecule is CCNC(=NCCC(F)(F)F)NCCOc1ccc(OC)cc1.I. The van der Waals surface area contributed by atoms with E-state index in [0.29, 0.717) is 31.4 Å². The molecule has 0 amide bonds. The van der Waals surface area contributed by atoms with E-state index in [4.69, 9.17) is 9.47 Å². The summed E-state index contributed by atoms with van der Waals surface area (Å²) in [5.74, 6) is 1.77. The first kappa shape index (κ1) is 22.6. The van der Waals surface area contributed by atoms with Crippen molar-refractivity contribution in [3.05, 3.63) is 24.3 Å². The molecular formula is C15H23F3IN3O2. The van der Waals surface area contributed by atoms with Crippen molar-refractivity contribution in [2.24, 2.45) is 4.99 Å². The fourth-order valence-corrected chi connectivity index (χ4v) is 1.65. The number of nitrogens with one attached hydrogen (secondary N) is 2. The number of benzene rings is 1. The quantitative estimate of drug-likeness (QED) is 0.270. The van der Waals surface area contributed by atoms with Crippen molar-refractivity contribution >= 4 is 29.9 Å². The maximum absolute atomic E-state index is 12.1. The van der Waals surface area contributed by atoms with Crippen LogP contribution in [0.25, 0.3) is 0 Å². The number of methoxy groups -OCH3 is 1. The van der Waals surface area contributed by atoms with E-state index < -0.39 is 12.6 Å². The van der Waals surface area contributed by atoms with Gasteiger partial charge in [0.1, 0.15) is 18.1 Å². The van der Waals surface area contributed by atoms with Crippen molar-refractivity contribution in [1.82, 2.24) is 10.6 Å². The van der Waals surface area contributed by atoms with Crippen molar-refractivity contribution in [3.8, 4) is 11.5 Å². The van der Waals surface area contributed by atoms with Crippen LogP contribution in [0.1, 0.15) is 13.3 Å². The summed E-state index contributed by atoms with van der Waals surface area (Å²) in [4.78, 5) is 3.87. The zero-order valence-corrected chi connectivity index (χ0v) is 16.0. The number of nitrogens with zero attached hydrogens (tertiary/aromatic N) is 1. The first-order chi connectivity index (χ1) is 10.9. The lowest BCUT2D eigenvalue weighted by Crippen LogP contribution is -2.39. The van der Waals surface area contributed by atoms with E-state index in [1.165, 1.54) is 0 Å². The van der Waals surface area contributed by atoms with Crippen LogP contribution in [-0.2, 0) is 0 Å². The fourth-order valence-electron chi connectivity index (χ4n) is 1.65. The minimum atomic E-state index is -4.20. The van der Waals surface area contributed by atoms with E-state index in [-0.39, 0.29) is 30.5 Å². The van der Waals surface area contributed by atoms with Crippen LogP contribution in [0.2, 0.25) is 0 Å². The van der Waals surface area contributed by atoms with Gasteiger partial charge in [-0.1, -0.05) is 0 Å². The molecule has 0 spiro atoms. The first-order valence-electron chi connectivity index (χ1n) is 7.30. The highest BCUT2D eigenvalue weighted by atomic mass is 127. The van der Waals surface area contributed by atoms with Crippen molar-refractivity contribution in [3.63, 3.8) is 0 Å². The Bertz CT molecular complexity index is 482. The van der Waals surface area contributed by atoms with Crippen LogP contribution in [0.3, 0.4) is 0 Å². The Morgan fingerprint density at radius 1 is 1.12 bits per heavy atom. The molecule has 2 N–H and O–H groups in total. The Labute approximate surface area is 157 Å². The average Bonchev–Trinajstić information content (AvgIpc) is 2.51. The maximum Gasteiger partial charge on any atom is 0.390 e. The standard InChI is InChI=1S/C15H22F3N3O2.HI/c1-3-19-14(20-9-8-15(16,17)18)21-10-11-23-13-6-4-12(22-2)5-7-13;/h4-7H,3,8-11H2,1-2H3,(H2,19,20,21);1H. The summed E-state index contributed by atoms with van der Waals surface area (Å²) in [6, 6.07) is 7.12. The van der Waals surface area contributed by atoms with Crippen LogP contribution in [0.4, 0.5) is 13.2 Å². The van der Waals surface area contributed by atoms with Gasteiger partial charge in [-0.2, -0.15) is 13.2 Å². The zero-order chi connectivity index (χ0) is 17.1. The van der Waals surface area contributed by atoms with E-state index in [1.54, 1.807) is 31.4 Å². The van der Waals surface area contributed by atoms with Gasteiger partial charge < -0.3 is 20.1 Å². The number of aliphatic imine (C=N–C) groups is 1. The van der Waals surface area contributed by atoms with Gasteiger partial charge in [0.2, 0.25) is 0 Å². The number of halogens is 4. The van der Waals surface area contributed by atoms with E-state index in [1.807, 2.05) is 6.92 Å². The molecule has 0 aromatic heterocycles. The Morgan fingerprint density at radius 2 is 1.75 bits per heavy atom. The summed E-state index contributed by atoms with van der Waals surface area (Å²) in [5.41, 5.74) is 0. The van der Waals surface area contributed by atoms with E-state index in [0.717, 1.165) is 5.75 Å². The third-order valence-corrected chi connectivity index (χ3v) is 2.73.